The van der Waals surface area contributed by atoms with Crippen molar-refractivity contribution in [1.29, 1.82) is 5.26 Å². The molecule has 0 saturated carbocycles. The second kappa shape index (κ2) is 4.86. The van der Waals surface area contributed by atoms with Crippen molar-refractivity contribution >= 4 is 22.4 Å². The molecule has 2 aromatic carbocycles. The zero-order valence-electron chi connectivity index (χ0n) is 10.9. The molecule has 0 aromatic heterocycles. The van der Waals surface area contributed by atoms with Crippen molar-refractivity contribution in [3.8, 4) is 6.07 Å². The lowest BCUT2D eigenvalue weighted by Gasteiger charge is -2.20. The average Bonchev–Trinajstić information content (AvgIpc) is 2.96. The van der Waals surface area contributed by atoms with Crippen LogP contribution in [0.15, 0.2) is 36.4 Å². The highest BCUT2D eigenvalue weighted by Crippen LogP contribution is 2.32. The molecule has 1 fully saturated rings. The highest BCUT2D eigenvalue weighted by Gasteiger charge is 2.28. The first-order chi connectivity index (χ1) is 9.70. The van der Waals surface area contributed by atoms with Crippen molar-refractivity contribution in [2.75, 3.05) is 18.0 Å². The van der Waals surface area contributed by atoms with Crippen LogP contribution in [-0.2, 0) is 4.79 Å². The number of benzene rings is 2. The van der Waals surface area contributed by atoms with Gasteiger partial charge in [0.15, 0.2) is 0 Å². The van der Waals surface area contributed by atoms with Gasteiger partial charge in [-0.25, -0.2) is 0 Å². The van der Waals surface area contributed by atoms with Crippen LogP contribution in [-0.4, -0.2) is 24.2 Å². The molecule has 100 valence electrons. The quantitative estimate of drug-likeness (QED) is 0.907. The third-order valence-electron chi connectivity index (χ3n) is 3.90. The summed E-state index contributed by atoms with van der Waals surface area (Å²) in [5, 5.41) is 20.2. The number of nitriles is 1. The smallest absolute Gasteiger partial charge is 0.308 e. The minimum Gasteiger partial charge on any atom is -0.481 e. The number of anilines is 1. The number of carboxylic acids is 1. The number of nitrogens with zero attached hydrogens (tertiary/aromatic N) is 2. The van der Waals surface area contributed by atoms with Gasteiger partial charge >= 0.3 is 5.97 Å². The lowest BCUT2D eigenvalue weighted by atomic mass is 10.0. The van der Waals surface area contributed by atoms with Crippen LogP contribution < -0.4 is 4.90 Å². The number of hydrogen-bond acceptors (Lipinski definition) is 3. The Morgan fingerprint density at radius 1 is 1.25 bits per heavy atom. The SMILES string of the molecule is N#Cc1ccc(N2CCC(C(=O)O)C2)c2ccccc12. The molecule has 0 spiro atoms. The van der Waals surface area contributed by atoms with Crippen molar-refractivity contribution in [2.24, 2.45) is 5.92 Å². The lowest BCUT2D eigenvalue weighted by Crippen LogP contribution is -2.22. The Morgan fingerprint density at radius 3 is 2.65 bits per heavy atom. The fraction of sp³-hybridized carbons (Fsp3) is 0.250. The summed E-state index contributed by atoms with van der Waals surface area (Å²) in [6, 6.07) is 13.7. The average molecular weight is 266 g/mol. The van der Waals surface area contributed by atoms with Gasteiger partial charge in [0.05, 0.1) is 17.6 Å². The molecule has 4 heteroatoms. The Labute approximate surface area is 116 Å². The maximum atomic E-state index is 11.1. The fourth-order valence-electron chi connectivity index (χ4n) is 2.84. The summed E-state index contributed by atoms with van der Waals surface area (Å²) in [5.74, 6) is -1.03. The maximum Gasteiger partial charge on any atom is 0.308 e. The van der Waals surface area contributed by atoms with Crippen LogP contribution in [0.5, 0.6) is 0 Å². The maximum absolute atomic E-state index is 11.1. The third kappa shape index (κ3) is 1.97. The number of carboxylic acid groups (broad SMARTS) is 1. The molecule has 3 rings (SSSR count). The van der Waals surface area contributed by atoms with E-state index in [1.54, 1.807) is 0 Å². The summed E-state index contributed by atoms with van der Waals surface area (Å²) in [4.78, 5) is 13.2. The summed E-state index contributed by atoms with van der Waals surface area (Å²) < 4.78 is 0. The van der Waals surface area contributed by atoms with Crippen LogP contribution in [0.25, 0.3) is 10.8 Å². The van der Waals surface area contributed by atoms with Gasteiger partial charge in [-0.05, 0) is 18.6 Å². The molecule has 1 heterocycles. The summed E-state index contributed by atoms with van der Waals surface area (Å²) in [7, 11) is 0. The molecule has 0 radical (unpaired) electrons. The summed E-state index contributed by atoms with van der Waals surface area (Å²) in [6.45, 7) is 1.28. The Hall–Kier alpha value is -2.54. The van der Waals surface area contributed by atoms with Gasteiger partial charge in [-0.2, -0.15) is 5.26 Å². The molecule has 0 bridgehead atoms. The standard InChI is InChI=1S/C16H14N2O2/c17-9-11-5-6-15(14-4-2-1-3-13(11)14)18-8-7-12(10-18)16(19)20/h1-6,12H,7-8,10H2,(H,19,20). The van der Waals surface area contributed by atoms with E-state index in [-0.39, 0.29) is 5.92 Å². The Balaban J connectivity index is 2.06. The van der Waals surface area contributed by atoms with E-state index < -0.39 is 5.97 Å². The zero-order valence-corrected chi connectivity index (χ0v) is 10.9. The van der Waals surface area contributed by atoms with Crippen molar-refractivity contribution < 1.29 is 9.90 Å². The minimum absolute atomic E-state index is 0.301. The van der Waals surface area contributed by atoms with E-state index in [0.29, 0.717) is 18.5 Å². The summed E-state index contributed by atoms with van der Waals surface area (Å²) in [5.41, 5.74) is 1.67. The Kier molecular flexibility index (Phi) is 3.03. The van der Waals surface area contributed by atoms with Crippen molar-refractivity contribution in [3.05, 3.63) is 42.0 Å². The number of aliphatic carboxylic acids is 1. The normalized spacial score (nSPS) is 18.1. The van der Waals surface area contributed by atoms with Gasteiger partial charge in [-0.15, -0.1) is 0 Å². The number of fused-ring (bicyclic) bond motifs is 1. The molecule has 20 heavy (non-hydrogen) atoms. The van der Waals surface area contributed by atoms with E-state index >= 15 is 0 Å². The molecule has 1 aliphatic rings. The van der Waals surface area contributed by atoms with Gasteiger partial charge in [0.25, 0.3) is 0 Å². The first-order valence-corrected chi connectivity index (χ1v) is 6.60. The largest absolute Gasteiger partial charge is 0.481 e. The highest BCUT2D eigenvalue weighted by molar-refractivity contribution is 5.98. The molecule has 4 nitrogen and oxygen atoms in total. The van der Waals surface area contributed by atoms with Crippen LogP contribution >= 0.6 is 0 Å². The molecule has 2 aromatic rings. The van der Waals surface area contributed by atoms with E-state index in [4.69, 9.17) is 10.4 Å². The first kappa shape index (κ1) is 12.5. The number of rotatable bonds is 2. The molecule has 0 aliphatic carbocycles. The van der Waals surface area contributed by atoms with Crippen LogP contribution in [0.4, 0.5) is 5.69 Å². The molecule has 1 aliphatic heterocycles. The molecule has 1 saturated heterocycles. The van der Waals surface area contributed by atoms with Gasteiger partial charge in [0.2, 0.25) is 0 Å². The van der Waals surface area contributed by atoms with E-state index in [1.165, 1.54) is 0 Å². The monoisotopic (exact) mass is 266 g/mol. The molecule has 1 atom stereocenters. The third-order valence-corrected chi connectivity index (χ3v) is 3.90. The van der Waals surface area contributed by atoms with E-state index in [2.05, 4.69) is 11.0 Å². The molecular weight excluding hydrogens is 252 g/mol. The first-order valence-electron chi connectivity index (χ1n) is 6.60. The van der Waals surface area contributed by atoms with Crippen LogP contribution in [0.1, 0.15) is 12.0 Å². The predicted molar refractivity (Wildman–Crippen MR) is 76.6 cm³/mol. The van der Waals surface area contributed by atoms with Crippen molar-refractivity contribution in [3.63, 3.8) is 0 Å². The summed E-state index contributed by atoms with van der Waals surface area (Å²) >= 11 is 0. The van der Waals surface area contributed by atoms with E-state index in [1.807, 2.05) is 36.4 Å². The molecular formula is C16H14N2O2. The van der Waals surface area contributed by atoms with Gasteiger partial charge in [0.1, 0.15) is 0 Å². The number of hydrogen-bond donors (Lipinski definition) is 1. The van der Waals surface area contributed by atoms with Gasteiger partial charge < -0.3 is 10.0 Å². The van der Waals surface area contributed by atoms with Crippen LogP contribution in [0.3, 0.4) is 0 Å². The number of carbonyl (C=O) groups is 1. The molecule has 1 unspecified atom stereocenters. The van der Waals surface area contributed by atoms with Gasteiger partial charge in [-0.3, -0.25) is 4.79 Å². The van der Waals surface area contributed by atoms with Crippen molar-refractivity contribution in [2.45, 2.75) is 6.42 Å². The predicted octanol–water partition coefficient (Wildman–Crippen LogP) is 2.62. The summed E-state index contributed by atoms with van der Waals surface area (Å²) in [6.07, 6.45) is 0.670. The zero-order chi connectivity index (χ0) is 14.1. The van der Waals surface area contributed by atoms with Crippen LogP contribution in [0.2, 0.25) is 0 Å². The van der Waals surface area contributed by atoms with Gasteiger partial charge in [-0.1, -0.05) is 24.3 Å². The molecule has 0 amide bonds. The second-order valence-corrected chi connectivity index (χ2v) is 5.06. The van der Waals surface area contributed by atoms with E-state index in [0.717, 1.165) is 23.0 Å². The minimum atomic E-state index is -0.731. The topological polar surface area (TPSA) is 64.3 Å². The lowest BCUT2D eigenvalue weighted by molar-refractivity contribution is -0.140. The van der Waals surface area contributed by atoms with E-state index in [9.17, 15) is 4.79 Å². The Morgan fingerprint density at radius 2 is 2.00 bits per heavy atom. The van der Waals surface area contributed by atoms with Crippen LogP contribution in [0, 0.1) is 17.2 Å². The second-order valence-electron chi connectivity index (χ2n) is 5.06. The Bertz CT molecular complexity index is 718. The van der Waals surface area contributed by atoms with Crippen molar-refractivity contribution in [1.82, 2.24) is 0 Å². The fourth-order valence-corrected chi connectivity index (χ4v) is 2.84. The van der Waals surface area contributed by atoms with Gasteiger partial charge in [0, 0.05) is 29.5 Å². The highest BCUT2D eigenvalue weighted by atomic mass is 16.4. The molecule has 1 N–H and O–H groups in total.